The van der Waals surface area contributed by atoms with Crippen LogP contribution in [-0.2, 0) is 4.79 Å². The maximum Gasteiger partial charge on any atom is 0.293 e. The number of nitrogens with zero attached hydrogens (tertiary/aromatic N) is 2. The van der Waals surface area contributed by atoms with E-state index in [1.54, 1.807) is 36.4 Å². The molecule has 0 aliphatic carbocycles. The molecule has 6 nitrogen and oxygen atoms in total. The molecule has 1 aliphatic heterocycles. The summed E-state index contributed by atoms with van der Waals surface area (Å²) in [6, 6.07) is 11.7. The molecule has 0 bridgehead atoms. The third-order valence-electron chi connectivity index (χ3n) is 3.51. The molecule has 1 aliphatic rings. The molecule has 9 heteroatoms. The van der Waals surface area contributed by atoms with Crippen molar-refractivity contribution in [2.75, 3.05) is 7.05 Å². The number of carbonyl (C=O) groups excluding carboxylic acids is 2. The molecule has 0 atom stereocenters. The summed E-state index contributed by atoms with van der Waals surface area (Å²) in [6.45, 7) is 0. The summed E-state index contributed by atoms with van der Waals surface area (Å²) in [7, 11) is 1.40. The van der Waals surface area contributed by atoms with Crippen molar-refractivity contribution in [2.45, 2.75) is 9.79 Å². The van der Waals surface area contributed by atoms with Gasteiger partial charge < -0.3 is 0 Å². The van der Waals surface area contributed by atoms with Gasteiger partial charge in [0, 0.05) is 23.0 Å². The first-order chi connectivity index (χ1) is 12.3. The number of likely N-dealkylation sites (N-methyl/N-ethyl adjacent to an activating group) is 1. The second-order valence-corrected chi connectivity index (χ2v) is 7.83. The number of rotatable bonds is 4. The number of halogens is 1. The largest absolute Gasteiger partial charge is 0.293 e. The van der Waals surface area contributed by atoms with Crippen LogP contribution in [0.25, 0.3) is 6.08 Å². The summed E-state index contributed by atoms with van der Waals surface area (Å²) in [4.78, 5) is 37.0. The number of carbonyl (C=O) groups is 2. The van der Waals surface area contributed by atoms with Gasteiger partial charge in [-0.1, -0.05) is 29.4 Å². The van der Waals surface area contributed by atoms with Gasteiger partial charge in [0.1, 0.15) is 0 Å². The quantitative estimate of drug-likeness (QED) is 0.400. The number of amides is 2. The van der Waals surface area contributed by atoms with Crippen molar-refractivity contribution in [1.82, 2.24) is 4.90 Å². The number of thioether (sulfide) groups is 1. The van der Waals surface area contributed by atoms with E-state index in [9.17, 15) is 19.7 Å². The van der Waals surface area contributed by atoms with Crippen molar-refractivity contribution >= 4 is 58.0 Å². The SMILES string of the molecule is CN1C(=O)S/C(=C\c2ccc(Sc3ccc(Cl)cc3)c([N+](=O)[O-])c2)C1=O. The maximum atomic E-state index is 11.9. The molecule has 0 N–H and O–H groups in total. The molecule has 2 aromatic rings. The highest BCUT2D eigenvalue weighted by Crippen LogP contribution is 2.37. The standard InChI is InChI=1S/C17H11ClN2O4S2/c1-19-16(21)15(26-17(19)22)9-10-2-7-14(13(8-10)20(23)24)25-12-5-3-11(18)4-6-12/h2-9H,1H3/b15-9-. The molecule has 0 saturated carbocycles. The second kappa shape index (κ2) is 7.53. The Bertz CT molecular complexity index is 944. The first kappa shape index (κ1) is 18.5. The Labute approximate surface area is 162 Å². The zero-order valence-corrected chi connectivity index (χ0v) is 15.7. The van der Waals surface area contributed by atoms with E-state index in [1.165, 1.54) is 31.0 Å². The van der Waals surface area contributed by atoms with Gasteiger partial charge >= 0.3 is 0 Å². The molecule has 2 amide bonds. The Kier molecular flexibility index (Phi) is 5.36. The number of nitro benzene ring substituents is 1. The fraction of sp³-hybridized carbons (Fsp3) is 0.0588. The molecule has 2 aromatic carbocycles. The summed E-state index contributed by atoms with van der Waals surface area (Å²) in [5.41, 5.74) is 0.408. The Morgan fingerprint density at radius 3 is 2.46 bits per heavy atom. The number of benzene rings is 2. The van der Waals surface area contributed by atoms with E-state index in [4.69, 9.17) is 11.6 Å². The van der Waals surface area contributed by atoms with Crippen LogP contribution in [0.2, 0.25) is 5.02 Å². The molecule has 0 aromatic heterocycles. The van der Waals surface area contributed by atoms with Gasteiger partial charge in [0.15, 0.2) is 0 Å². The molecule has 3 rings (SSSR count). The number of hydrogen-bond acceptors (Lipinski definition) is 6. The van der Waals surface area contributed by atoms with Crippen LogP contribution in [0.3, 0.4) is 0 Å². The number of hydrogen-bond donors (Lipinski definition) is 0. The fourth-order valence-corrected chi connectivity index (χ4v) is 4.03. The summed E-state index contributed by atoms with van der Waals surface area (Å²) in [6.07, 6.45) is 1.48. The molecule has 1 fully saturated rings. The van der Waals surface area contributed by atoms with Crippen LogP contribution >= 0.6 is 35.1 Å². The average Bonchev–Trinajstić information content (AvgIpc) is 2.85. The second-order valence-electron chi connectivity index (χ2n) is 5.28. The van der Waals surface area contributed by atoms with Crippen molar-refractivity contribution in [3.8, 4) is 0 Å². The van der Waals surface area contributed by atoms with Crippen molar-refractivity contribution in [1.29, 1.82) is 0 Å². The van der Waals surface area contributed by atoms with Crippen LogP contribution in [-0.4, -0.2) is 28.0 Å². The van der Waals surface area contributed by atoms with Crippen LogP contribution in [0.5, 0.6) is 0 Å². The zero-order valence-electron chi connectivity index (χ0n) is 13.3. The minimum atomic E-state index is -0.471. The maximum absolute atomic E-state index is 11.9. The Morgan fingerprint density at radius 1 is 1.19 bits per heavy atom. The summed E-state index contributed by atoms with van der Waals surface area (Å²) in [5, 5.41) is 11.7. The van der Waals surface area contributed by atoms with Crippen LogP contribution in [0, 0.1) is 10.1 Å². The average molecular weight is 407 g/mol. The van der Waals surface area contributed by atoms with Gasteiger partial charge in [-0.05, 0) is 53.7 Å². The highest BCUT2D eigenvalue weighted by molar-refractivity contribution is 8.18. The van der Waals surface area contributed by atoms with Gasteiger partial charge in [-0.25, -0.2) is 0 Å². The molecular formula is C17H11ClN2O4S2. The molecule has 132 valence electrons. The van der Waals surface area contributed by atoms with Gasteiger partial charge in [-0.15, -0.1) is 0 Å². The summed E-state index contributed by atoms with van der Waals surface area (Å²) in [5.74, 6) is -0.415. The van der Waals surface area contributed by atoms with E-state index >= 15 is 0 Å². The van der Waals surface area contributed by atoms with E-state index in [2.05, 4.69) is 0 Å². The smallest absolute Gasteiger partial charge is 0.272 e. The third kappa shape index (κ3) is 3.92. The lowest BCUT2D eigenvalue weighted by Crippen LogP contribution is -2.22. The van der Waals surface area contributed by atoms with Crippen LogP contribution in [0.4, 0.5) is 10.5 Å². The fourth-order valence-electron chi connectivity index (χ4n) is 2.18. The number of imide groups is 1. The van der Waals surface area contributed by atoms with Gasteiger partial charge in [-0.3, -0.25) is 24.6 Å². The van der Waals surface area contributed by atoms with Crippen molar-refractivity contribution < 1.29 is 14.5 Å². The predicted molar refractivity (Wildman–Crippen MR) is 102 cm³/mol. The molecule has 0 unspecified atom stereocenters. The first-order valence-corrected chi connectivity index (χ1v) is 9.29. The molecule has 0 radical (unpaired) electrons. The van der Waals surface area contributed by atoms with Gasteiger partial charge in [0.25, 0.3) is 16.8 Å². The molecule has 1 heterocycles. The molecule has 0 spiro atoms. The summed E-state index contributed by atoms with van der Waals surface area (Å²) >= 11 is 7.91. The van der Waals surface area contributed by atoms with Crippen LogP contribution in [0.15, 0.2) is 57.2 Å². The van der Waals surface area contributed by atoms with E-state index < -0.39 is 10.8 Å². The van der Waals surface area contributed by atoms with Crippen LogP contribution < -0.4 is 0 Å². The predicted octanol–water partition coefficient (Wildman–Crippen LogP) is 5.07. The zero-order chi connectivity index (χ0) is 18.8. The first-order valence-electron chi connectivity index (χ1n) is 7.28. The summed E-state index contributed by atoms with van der Waals surface area (Å²) < 4.78 is 0. The highest BCUT2D eigenvalue weighted by Gasteiger charge is 2.31. The lowest BCUT2D eigenvalue weighted by atomic mass is 10.2. The minimum absolute atomic E-state index is 0.0746. The molecule has 1 saturated heterocycles. The third-order valence-corrected chi connectivity index (χ3v) is 5.79. The van der Waals surface area contributed by atoms with Crippen molar-refractivity contribution in [3.05, 3.63) is 68.1 Å². The van der Waals surface area contributed by atoms with Gasteiger partial charge in [0.05, 0.1) is 14.7 Å². The van der Waals surface area contributed by atoms with E-state index in [0.29, 0.717) is 15.5 Å². The lowest BCUT2D eigenvalue weighted by Gasteiger charge is -2.05. The number of nitro groups is 1. The van der Waals surface area contributed by atoms with Crippen LogP contribution in [0.1, 0.15) is 5.56 Å². The minimum Gasteiger partial charge on any atom is -0.272 e. The van der Waals surface area contributed by atoms with Gasteiger partial charge in [0.2, 0.25) is 0 Å². The Balaban J connectivity index is 1.92. The molecule has 26 heavy (non-hydrogen) atoms. The molecular weight excluding hydrogens is 396 g/mol. The van der Waals surface area contributed by atoms with Crippen molar-refractivity contribution in [2.24, 2.45) is 0 Å². The van der Waals surface area contributed by atoms with E-state index in [-0.39, 0.29) is 15.8 Å². The highest BCUT2D eigenvalue weighted by atomic mass is 35.5. The van der Waals surface area contributed by atoms with E-state index in [0.717, 1.165) is 21.6 Å². The van der Waals surface area contributed by atoms with Gasteiger partial charge in [-0.2, -0.15) is 0 Å². The Morgan fingerprint density at radius 2 is 1.88 bits per heavy atom. The Hall–Kier alpha value is -2.29. The lowest BCUT2D eigenvalue weighted by molar-refractivity contribution is -0.387. The van der Waals surface area contributed by atoms with E-state index in [1.807, 2.05) is 0 Å². The topological polar surface area (TPSA) is 80.5 Å². The normalized spacial score (nSPS) is 15.8. The van der Waals surface area contributed by atoms with Crippen molar-refractivity contribution in [3.63, 3.8) is 0 Å². The monoisotopic (exact) mass is 406 g/mol.